The van der Waals surface area contributed by atoms with Crippen LogP contribution < -0.4 is 10.5 Å². The third-order valence-electron chi connectivity index (χ3n) is 3.27. The van der Waals surface area contributed by atoms with Gasteiger partial charge in [0, 0.05) is 24.6 Å². The van der Waals surface area contributed by atoms with E-state index >= 15 is 0 Å². The first-order valence-corrected chi connectivity index (χ1v) is 8.65. The Kier molecular flexibility index (Phi) is 9.00. The summed E-state index contributed by atoms with van der Waals surface area (Å²) >= 11 is 1.97. The zero-order chi connectivity index (χ0) is 15.1. The Labute approximate surface area is 154 Å². The lowest BCUT2D eigenvalue weighted by Gasteiger charge is -2.27. The van der Waals surface area contributed by atoms with E-state index in [-0.39, 0.29) is 24.0 Å². The SMILES string of the molecule is CC(C)COc1ccc(CN=C(N)N2CCSCC2)cc1.I. The van der Waals surface area contributed by atoms with Crippen LogP contribution in [0.1, 0.15) is 19.4 Å². The lowest BCUT2D eigenvalue weighted by atomic mass is 10.2. The van der Waals surface area contributed by atoms with Gasteiger partial charge in [0.05, 0.1) is 13.2 Å². The number of nitrogens with zero attached hydrogens (tertiary/aromatic N) is 2. The van der Waals surface area contributed by atoms with Gasteiger partial charge in [-0.3, -0.25) is 0 Å². The summed E-state index contributed by atoms with van der Waals surface area (Å²) in [4.78, 5) is 6.66. The van der Waals surface area contributed by atoms with E-state index in [0.717, 1.165) is 42.5 Å². The number of hydrogen-bond donors (Lipinski definition) is 1. The highest BCUT2D eigenvalue weighted by Gasteiger charge is 2.11. The molecule has 1 aliphatic rings. The van der Waals surface area contributed by atoms with Gasteiger partial charge < -0.3 is 15.4 Å². The van der Waals surface area contributed by atoms with Crippen molar-refractivity contribution < 1.29 is 4.74 Å². The van der Waals surface area contributed by atoms with Crippen molar-refractivity contribution >= 4 is 41.7 Å². The molecular weight excluding hydrogens is 409 g/mol. The minimum atomic E-state index is 0. The lowest BCUT2D eigenvalue weighted by molar-refractivity contribution is 0.271. The largest absolute Gasteiger partial charge is 0.493 e. The smallest absolute Gasteiger partial charge is 0.191 e. The number of halogens is 1. The minimum absolute atomic E-state index is 0. The molecular formula is C16H26IN3OS. The molecule has 124 valence electrons. The molecule has 1 aromatic carbocycles. The number of aliphatic imine (C=N–C) groups is 1. The molecule has 1 saturated heterocycles. The summed E-state index contributed by atoms with van der Waals surface area (Å²) in [5.41, 5.74) is 7.20. The molecule has 22 heavy (non-hydrogen) atoms. The fraction of sp³-hybridized carbons (Fsp3) is 0.562. The Morgan fingerprint density at radius 3 is 2.50 bits per heavy atom. The van der Waals surface area contributed by atoms with Crippen LogP contribution in [-0.4, -0.2) is 42.1 Å². The highest BCUT2D eigenvalue weighted by Crippen LogP contribution is 2.14. The minimum Gasteiger partial charge on any atom is -0.493 e. The molecule has 0 atom stereocenters. The fourth-order valence-electron chi connectivity index (χ4n) is 2.02. The number of rotatable bonds is 5. The number of thioether (sulfide) groups is 1. The molecule has 0 aromatic heterocycles. The average Bonchev–Trinajstić information content (AvgIpc) is 2.52. The molecule has 1 fully saturated rings. The Balaban J connectivity index is 0.00000242. The number of guanidine groups is 1. The van der Waals surface area contributed by atoms with Crippen LogP contribution in [0.2, 0.25) is 0 Å². The van der Waals surface area contributed by atoms with Crippen molar-refractivity contribution in [2.45, 2.75) is 20.4 Å². The van der Waals surface area contributed by atoms with Crippen LogP contribution in [0.5, 0.6) is 5.75 Å². The van der Waals surface area contributed by atoms with E-state index in [1.807, 2.05) is 23.9 Å². The van der Waals surface area contributed by atoms with Crippen LogP contribution in [0.3, 0.4) is 0 Å². The van der Waals surface area contributed by atoms with Crippen molar-refractivity contribution in [1.82, 2.24) is 4.90 Å². The van der Waals surface area contributed by atoms with Crippen molar-refractivity contribution in [1.29, 1.82) is 0 Å². The first-order chi connectivity index (χ1) is 10.1. The zero-order valence-corrected chi connectivity index (χ0v) is 16.5. The fourth-order valence-corrected chi connectivity index (χ4v) is 2.92. The van der Waals surface area contributed by atoms with Gasteiger partial charge in [-0.25, -0.2) is 4.99 Å². The first kappa shape index (κ1) is 19.4. The highest BCUT2D eigenvalue weighted by atomic mass is 127. The molecule has 2 N–H and O–H groups in total. The van der Waals surface area contributed by atoms with E-state index in [1.54, 1.807) is 0 Å². The van der Waals surface area contributed by atoms with Gasteiger partial charge in [0.25, 0.3) is 0 Å². The summed E-state index contributed by atoms with van der Waals surface area (Å²) in [5.74, 6) is 4.39. The summed E-state index contributed by atoms with van der Waals surface area (Å²) in [6.45, 7) is 7.66. The van der Waals surface area contributed by atoms with Crippen LogP contribution in [0.25, 0.3) is 0 Å². The summed E-state index contributed by atoms with van der Waals surface area (Å²) in [5, 5.41) is 0. The topological polar surface area (TPSA) is 50.9 Å². The summed E-state index contributed by atoms with van der Waals surface area (Å²) in [6, 6.07) is 8.11. The molecule has 4 nitrogen and oxygen atoms in total. The second kappa shape index (κ2) is 10.2. The molecule has 0 saturated carbocycles. The van der Waals surface area contributed by atoms with Gasteiger partial charge in [0.15, 0.2) is 5.96 Å². The molecule has 1 aliphatic heterocycles. The monoisotopic (exact) mass is 435 g/mol. The first-order valence-electron chi connectivity index (χ1n) is 7.49. The average molecular weight is 435 g/mol. The molecule has 0 aliphatic carbocycles. The Morgan fingerprint density at radius 2 is 1.91 bits per heavy atom. The predicted octanol–water partition coefficient (Wildman–Crippen LogP) is 3.20. The van der Waals surface area contributed by atoms with Gasteiger partial charge in [-0.05, 0) is 23.6 Å². The van der Waals surface area contributed by atoms with E-state index in [2.05, 4.69) is 35.9 Å². The van der Waals surface area contributed by atoms with Crippen molar-refractivity contribution in [3.63, 3.8) is 0 Å². The summed E-state index contributed by atoms with van der Waals surface area (Å²) in [6.07, 6.45) is 0. The number of benzene rings is 1. The molecule has 0 unspecified atom stereocenters. The second-order valence-electron chi connectivity index (χ2n) is 5.62. The standard InChI is InChI=1S/C16H25N3OS.HI/c1-13(2)12-20-15-5-3-14(4-6-15)11-18-16(17)19-7-9-21-10-8-19;/h3-6,13H,7-12H2,1-2H3,(H2,17,18);1H. The van der Waals surface area contributed by atoms with E-state index in [9.17, 15) is 0 Å². The van der Waals surface area contributed by atoms with Crippen molar-refractivity contribution in [3.8, 4) is 5.75 Å². The van der Waals surface area contributed by atoms with E-state index in [1.165, 1.54) is 0 Å². The highest BCUT2D eigenvalue weighted by molar-refractivity contribution is 14.0. The van der Waals surface area contributed by atoms with Gasteiger partial charge in [-0.15, -0.1) is 24.0 Å². The van der Waals surface area contributed by atoms with Crippen LogP contribution >= 0.6 is 35.7 Å². The molecule has 0 spiro atoms. The normalized spacial score (nSPS) is 15.6. The molecule has 0 radical (unpaired) electrons. The molecule has 0 amide bonds. The predicted molar refractivity (Wildman–Crippen MR) is 106 cm³/mol. The van der Waals surface area contributed by atoms with Gasteiger partial charge >= 0.3 is 0 Å². The van der Waals surface area contributed by atoms with Crippen molar-refractivity contribution in [3.05, 3.63) is 29.8 Å². The van der Waals surface area contributed by atoms with Crippen molar-refractivity contribution in [2.24, 2.45) is 16.6 Å². The van der Waals surface area contributed by atoms with Gasteiger partial charge in [-0.2, -0.15) is 11.8 Å². The third-order valence-corrected chi connectivity index (χ3v) is 4.21. The summed E-state index contributed by atoms with van der Waals surface area (Å²) in [7, 11) is 0. The maximum Gasteiger partial charge on any atom is 0.191 e. The van der Waals surface area contributed by atoms with Gasteiger partial charge in [0.2, 0.25) is 0 Å². The van der Waals surface area contributed by atoms with Crippen LogP contribution in [0.15, 0.2) is 29.3 Å². The number of nitrogens with two attached hydrogens (primary N) is 1. The molecule has 2 rings (SSSR count). The maximum absolute atomic E-state index is 6.05. The molecule has 1 aromatic rings. The third kappa shape index (κ3) is 6.64. The Morgan fingerprint density at radius 1 is 1.27 bits per heavy atom. The van der Waals surface area contributed by atoms with E-state index in [0.29, 0.717) is 18.4 Å². The molecule has 6 heteroatoms. The Bertz CT molecular complexity index is 459. The molecule has 0 bridgehead atoms. The number of hydrogen-bond acceptors (Lipinski definition) is 3. The molecule has 1 heterocycles. The maximum atomic E-state index is 6.05. The van der Waals surface area contributed by atoms with Crippen LogP contribution in [0.4, 0.5) is 0 Å². The van der Waals surface area contributed by atoms with Crippen LogP contribution in [-0.2, 0) is 6.54 Å². The van der Waals surface area contributed by atoms with Gasteiger partial charge in [-0.1, -0.05) is 26.0 Å². The summed E-state index contributed by atoms with van der Waals surface area (Å²) < 4.78 is 5.67. The van der Waals surface area contributed by atoms with E-state index < -0.39 is 0 Å². The van der Waals surface area contributed by atoms with Crippen LogP contribution in [0, 0.1) is 5.92 Å². The van der Waals surface area contributed by atoms with Gasteiger partial charge in [0.1, 0.15) is 5.75 Å². The zero-order valence-electron chi connectivity index (χ0n) is 13.3. The lowest BCUT2D eigenvalue weighted by Crippen LogP contribution is -2.42. The van der Waals surface area contributed by atoms with Crippen molar-refractivity contribution in [2.75, 3.05) is 31.2 Å². The number of ether oxygens (including phenoxy) is 1. The van der Waals surface area contributed by atoms with E-state index in [4.69, 9.17) is 10.5 Å². The Hall–Kier alpha value is -0.630. The second-order valence-corrected chi connectivity index (χ2v) is 6.85. The quantitative estimate of drug-likeness (QED) is 0.439.